The third-order valence-electron chi connectivity index (χ3n) is 3.44. The number of pyridine rings is 1. The van der Waals surface area contributed by atoms with Gasteiger partial charge in [0.05, 0.1) is 22.9 Å². The number of hydrogen-bond donors (Lipinski definition) is 1. The summed E-state index contributed by atoms with van der Waals surface area (Å²) < 4.78 is 50.7. The second kappa shape index (κ2) is 5.40. The van der Waals surface area contributed by atoms with Gasteiger partial charge in [0.2, 0.25) is 0 Å². The molecule has 2 aromatic rings. The molecule has 2 heterocycles. The van der Waals surface area contributed by atoms with Crippen molar-refractivity contribution in [2.75, 3.05) is 6.54 Å². The van der Waals surface area contributed by atoms with E-state index in [9.17, 15) is 17.6 Å². The normalized spacial score (nSPS) is 18.0. The van der Waals surface area contributed by atoms with Crippen LogP contribution in [0.5, 0.6) is 0 Å². The van der Waals surface area contributed by atoms with Crippen LogP contribution in [0.3, 0.4) is 0 Å². The second-order valence-corrected chi connectivity index (χ2v) is 4.89. The summed E-state index contributed by atoms with van der Waals surface area (Å²) in [6.45, 7) is 0.436. The number of benzene rings is 1. The lowest BCUT2D eigenvalue weighted by Gasteiger charge is -2.13. The Bertz CT molecular complexity index is 690. The van der Waals surface area contributed by atoms with Gasteiger partial charge in [0.15, 0.2) is 0 Å². The molecule has 1 aliphatic heterocycles. The average Bonchev–Trinajstić information content (AvgIpc) is 2.97. The average molecular weight is 309 g/mol. The SMILES string of the molecule is Fc1ccc(C2=NNCC2c2ccc(C(F)(F)F)cn2)cc1. The van der Waals surface area contributed by atoms with Crippen molar-refractivity contribution in [1.82, 2.24) is 10.4 Å². The minimum absolute atomic E-state index is 0.271. The molecular formula is C15H11F4N3. The first-order valence-corrected chi connectivity index (χ1v) is 6.54. The molecule has 0 fully saturated rings. The fraction of sp³-hybridized carbons (Fsp3) is 0.200. The van der Waals surface area contributed by atoms with Gasteiger partial charge in [0.25, 0.3) is 0 Å². The molecule has 1 atom stereocenters. The lowest BCUT2D eigenvalue weighted by atomic mass is 9.94. The van der Waals surface area contributed by atoms with E-state index in [1.807, 2.05) is 0 Å². The molecule has 0 saturated carbocycles. The summed E-state index contributed by atoms with van der Waals surface area (Å²) in [5.74, 6) is -0.632. The summed E-state index contributed by atoms with van der Waals surface area (Å²) in [5, 5.41) is 4.15. The van der Waals surface area contributed by atoms with Gasteiger partial charge < -0.3 is 5.43 Å². The molecule has 7 heteroatoms. The van der Waals surface area contributed by atoms with Gasteiger partial charge in [-0.2, -0.15) is 18.3 Å². The number of aromatic nitrogens is 1. The highest BCUT2D eigenvalue weighted by Crippen LogP contribution is 2.30. The topological polar surface area (TPSA) is 37.3 Å². The summed E-state index contributed by atoms with van der Waals surface area (Å²) in [6, 6.07) is 8.14. The van der Waals surface area contributed by atoms with Crippen LogP contribution in [0.2, 0.25) is 0 Å². The third-order valence-corrected chi connectivity index (χ3v) is 3.44. The summed E-state index contributed by atoms with van der Waals surface area (Å²) in [6.07, 6.45) is -3.59. The van der Waals surface area contributed by atoms with Crippen molar-refractivity contribution in [3.63, 3.8) is 0 Å². The Morgan fingerprint density at radius 2 is 1.77 bits per heavy atom. The van der Waals surface area contributed by atoms with Crippen molar-refractivity contribution in [2.45, 2.75) is 12.1 Å². The zero-order chi connectivity index (χ0) is 15.7. The molecule has 0 amide bonds. The molecule has 0 saturated heterocycles. The van der Waals surface area contributed by atoms with E-state index in [4.69, 9.17) is 0 Å². The van der Waals surface area contributed by atoms with E-state index in [-0.39, 0.29) is 11.7 Å². The molecule has 1 N–H and O–H groups in total. The molecule has 0 spiro atoms. The van der Waals surface area contributed by atoms with Crippen molar-refractivity contribution < 1.29 is 17.6 Å². The second-order valence-electron chi connectivity index (χ2n) is 4.89. The lowest BCUT2D eigenvalue weighted by Crippen LogP contribution is -2.16. The highest BCUT2D eigenvalue weighted by atomic mass is 19.4. The maximum atomic E-state index is 13.0. The zero-order valence-electron chi connectivity index (χ0n) is 11.2. The molecule has 114 valence electrons. The fourth-order valence-electron chi connectivity index (χ4n) is 2.31. The Balaban J connectivity index is 1.88. The van der Waals surface area contributed by atoms with Crippen LogP contribution in [0, 0.1) is 5.82 Å². The zero-order valence-corrected chi connectivity index (χ0v) is 11.2. The summed E-state index contributed by atoms with van der Waals surface area (Å²) in [7, 11) is 0. The Labute approximate surface area is 123 Å². The summed E-state index contributed by atoms with van der Waals surface area (Å²) >= 11 is 0. The van der Waals surface area contributed by atoms with Crippen LogP contribution in [0.15, 0.2) is 47.7 Å². The predicted molar refractivity (Wildman–Crippen MR) is 72.9 cm³/mol. The molecule has 3 rings (SSSR count). The van der Waals surface area contributed by atoms with Gasteiger partial charge in [0.1, 0.15) is 5.82 Å². The van der Waals surface area contributed by atoms with E-state index in [0.717, 1.165) is 12.3 Å². The monoisotopic (exact) mass is 309 g/mol. The number of hydrazone groups is 1. The van der Waals surface area contributed by atoms with Gasteiger partial charge in [-0.05, 0) is 29.8 Å². The largest absolute Gasteiger partial charge is 0.417 e. The van der Waals surface area contributed by atoms with E-state index >= 15 is 0 Å². The van der Waals surface area contributed by atoms with Gasteiger partial charge in [-0.1, -0.05) is 12.1 Å². The van der Waals surface area contributed by atoms with E-state index < -0.39 is 11.7 Å². The Kier molecular flexibility index (Phi) is 3.56. The molecule has 1 unspecified atom stereocenters. The highest BCUT2D eigenvalue weighted by molar-refractivity contribution is 6.05. The van der Waals surface area contributed by atoms with E-state index in [1.165, 1.54) is 18.2 Å². The first-order valence-electron chi connectivity index (χ1n) is 6.54. The first kappa shape index (κ1) is 14.5. The fourth-order valence-corrected chi connectivity index (χ4v) is 2.31. The molecule has 1 aromatic heterocycles. The predicted octanol–water partition coefficient (Wildman–Crippen LogP) is 3.33. The molecule has 22 heavy (non-hydrogen) atoms. The molecule has 0 radical (unpaired) electrons. The molecule has 3 nitrogen and oxygen atoms in total. The third kappa shape index (κ3) is 2.79. The summed E-state index contributed by atoms with van der Waals surface area (Å²) in [4.78, 5) is 3.91. The van der Waals surface area contributed by atoms with Crippen molar-refractivity contribution in [2.24, 2.45) is 5.10 Å². The van der Waals surface area contributed by atoms with Crippen LogP contribution in [0.1, 0.15) is 22.7 Å². The minimum Gasteiger partial charge on any atom is -0.309 e. The first-order chi connectivity index (χ1) is 10.4. The standard InChI is InChI=1S/C15H11F4N3/c16-11-4-1-9(2-5-11)14-12(8-21-22-14)13-6-3-10(7-20-13)15(17,18)19/h1-7,12,21H,8H2. The number of rotatable bonds is 2. The van der Waals surface area contributed by atoms with Gasteiger partial charge in [-0.15, -0.1) is 0 Å². The molecule has 1 aromatic carbocycles. The van der Waals surface area contributed by atoms with E-state index in [1.54, 1.807) is 12.1 Å². The number of alkyl halides is 3. The molecule has 1 aliphatic rings. The highest BCUT2D eigenvalue weighted by Gasteiger charge is 2.32. The quantitative estimate of drug-likeness (QED) is 0.864. The molecule has 0 aliphatic carbocycles. The van der Waals surface area contributed by atoms with Gasteiger partial charge in [-0.25, -0.2) is 4.39 Å². The maximum Gasteiger partial charge on any atom is 0.417 e. The number of hydrogen-bond acceptors (Lipinski definition) is 3. The van der Waals surface area contributed by atoms with Gasteiger partial charge in [0, 0.05) is 12.7 Å². The van der Waals surface area contributed by atoms with Crippen LogP contribution in [-0.4, -0.2) is 17.2 Å². The van der Waals surface area contributed by atoms with Crippen molar-refractivity contribution in [3.8, 4) is 0 Å². The van der Waals surface area contributed by atoms with Crippen molar-refractivity contribution in [3.05, 3.63) is 65.2 Å². The molecule has 0 bridgehead atoms. The molecular weight excluding hydrogens is 298 g/mol. The van der Waals surface area contributed by atoms with Gasteiger partial charge >= 0.3 is 6.18 Å². The Morgan fingerprint density at radius 3 is 2.36 bits per heavy atom. The van der Waals surface area contributed by atoms with E-state index in [2.05, 4.69) is 15.5 Å². The Morgan fingerprint density at radius 1 is 1.05 bits per heavy atom. The smallest absolute Gasteiger partial charge is 0.309 e. The number of nitrogens with zero attached hydrogens (tertiary/aromatic N) is 2. The van der Waals surface area contributed by atoms with Crippen LogP contribution in [-0.2, 0) is 6.18 Å². The number of nitrogens with one attached hydrogen (secondary N) is 1. The van der Waals surface area contributed by atoms with Gasteiger partial charge in [-0.3, -0.25) is 4.98 Å². The summed E-state index contributed by atoms with van der Waals surface area (Å²) in [5.41, 5.74) is 3.85. The maximum absolute atomic E-state index is 13.0. The van der Waals surface area contributed by atoms with Crippen LogP contribution < -0.4 is 5.43 Å². The van der Waals surface area contributed by atoms with Crippen molar-refractivity contribution >= 4 is 5.71 Å². The van der Waals surface area contributed by atoms with Crippen LogP contribution >= 0.6 is 0 Å². The Hall–Kier alpha value is -2.44. The van der Waals surface area contributed by atoms with E-state index in [0.29, 0.717) is 23.5 Å². The van der Waals surface area contributed by atoms with Crippen molar-refractivity contribution in [1.29, 1.82) is 0 Å². The minimum atomic E-state index is -4.41. The van der Waals surface area contributed by atoms with Crippen LogP contribution in [0.4, 0.5) is 17.6 Å². The number of halogens is 4. The van der Waals surface area contributed by atoms with Crippen LogP contribution in [0.25, 0.3) is 0 Å². The lowest BCUT2D eigenvalue weighted by molar-refractivity contribution is -0.137.